The molecular formula is C24H20F4N4OS. The van der Waals surface area contributed by atoms with Gasteiger partial charge in [0.15, 0.2) is 10.8 Å². The summed E-state index contributed by atoms with van der Waals surface area (Å²) in [6, 6.07) is 13.4. The predicted octanol–water partition coefficient (Wildman–Crippen LogP) is 6.47. The molecule has 0 aliphatic heterocycles. The minimum atomic E-state index is -4.43. The molecule has 0 saturated carbocycles. The van der Waals surface area contributed by atoms with Crippen molar-refractivity contribution in [2.24, 2.45) is 0 Å². The number of fused-ring (bicyclic) bond motifs is 1. The van der Waals surface area contributed by atoms with Gasteiger partial charge in [-0.1, -0.05) is 36.9 Å². The zero-order valence-corrected chi connectivity index (χ0v) is 18.8. The molecular weight excluding hydrogens is 468 g/mol. The Labute approximate surface area is 197 Å². The fourth-order valence-corrected chi connectivity index (χ4v) is 4.51. The second-order valence-corrected chi connectivity index (χ2v) is 8.46. The molecule has 0 aliphatic rings. The number of alkyl halides is 3. The van der Waals surface area contributed by atoms with Gasteiger partial charge in [0.05, 0.1) is 5.56 Å². The molecule has 34 heavy (non-hydrogen) atoms. The first kappa shape index (κ1) is 23.7. The number of anilines is 1. The summed E-state index contributed by atoms with van der Waals surface area (Å²) in [5, 5.41) is 3.25. The standard InChI is InChI=1S/C24H20F4N4OS/c1-2-20(22(33)30-18-10-8-17(25)9-11-18)32-21-19(7-4-12-29-21)31-23(32)34-14-15-5-3-6-16(13-15)24(26,27)28/h3-13,20H,2,14H2,1H3,(H,30,33)/t20-/m1/s1. The molecule has 0 spiro atoms. The molecule has 10 heteroatoms. The summed E-state index contributed by atoms with van der Waals surface area (Å²) >= 11 is 1.23. The third-order valence-corrected chi connectivity index (χ3v) is 6.18. The van der Waals surface area contributed by atoms with E-state index in [0.717, 1.165) is 12.1 Å². The number of amides is 1. The van der Waals surface area contributed by atoms with Crippen LogP contribution in [0.5, 0.6) is 0 Å². The van der Waals surface area contributed by atoms with Crippen LogP contribution in [0.3, 0.4) is 0 Å². The van der Waals surface area contributed by atoms with Crippen LogP contribution in [-0.2, 0) is 16.7 Å². The second-order valence-electron chi connectivity index (χ2n) is 7.52. The van der Waals surface area contributed by atoms with E-state index in [2.05, 4.69) is 15.3 Å². The molecule has 0 bridgehead atoms. The number of nitrogens with zero attached hydrogens (tertiary/aromatic N) is 3. The third kappa shape index (κ3) is 5.22. The van der Waals surface area contributed by atoms with E-state index in [1.165, 1.54) is 42.1 Å². The van der Waals surface area contributed by atoms with Crippen LogP contribution in [0, 0.1) is 5.82 Å². The van der Waals surface area contributed by atoms with Crippen LogP contribution in [0.1, 0.15) is 30.5 Å². The molecule has 0 saturated heterocycles. The first-order valence-corrected chi connectivity index (χ1v) is 11.4. The Morgan fingerprint density at radius 2 is 1.88 bits per heavy atom. The van der Waals surface area contributed by atoms with E-state index in [-0.39, 0.29) is 11.7 Å². The van der Waals surface area contributed by atoms with Gasteiger partial charge in [0.1, 0.15) is 17.4 Å². The Morgan fingerprint density at radius 1 is 1.12 bits per heavy atom. The van der Waals surface area contributed by atoms with Crippen molar-refractivity contribution in [3.8, 4) is 0 Å². The topological polar surface area (TPSA) is 59.8 Å². The quantitative estimate of drug-likeness (QED) is 0.239. The van der Waals surface area contributed by atoms with Crippen molar-refractivity contribution in [2.45, 2.75) is 36.5 Å². The smallest absolute Gasteiger partial charge is 0.324 e. The van der Waals surface area contributed by atoms with Gasteiger partial charge in [-0.2, -0.15) is 13.2 Å². The molecule has 2 aromatic heterocycles. The summed E-state index contributed by atoms with van der Waals surface area (Å²) in [7, 11) is 0. The largest absolute Gasteiger partial charge is 0.416 e. The summed E-state index contributed by atoms with van der Waals surface area (Å²) in [4.78, 5) is 22.1. The number of rotatable bonds is 7. The zero-order chi connectivity index (χ0) is 24.3. The minimum absolute atomic E-state index is 0.225. The van der Waals surface area contributed by atoms with E-state index in [0.29, 0.717) is 34.0 Å². The van der Waals surface area contributed by atoms with E-state index in [1.54, 1.807) is 29.0 Å². The van der Waals surface area contributed by atoms with E-state index in [9.17, 15) is 22.4 Å². The molecule has 1 amide bonds. The number of benzene rings is 2. The Balaban J connectivity index is 1.64. The molecule has 2 heterocycles. The van der Waals surface area contributed by atoms with Crippen LogP contribution in [0.25, 0.3) is 11.2 Å². The summed E-state index contributed by atoms with van der Waals surface area (Å²) in [6.07, 6.45) is -2.43. The average Bonchev–Trinajstić information content (AvgIpc) is 3.18. The highest BCUT2D eigenvalue weighted by molar-refractivity contribution is 7.98. The Morgan fingerprint density at radius 3 is 2.59 bits per heavy atom. The molecule has 0 aliphatic carbocycles. The van der Waals surface area contributed by atoms with E-state index in [1.807, 2.05) is 6.92 Å². The van der Waals surface area contributed by atoms with Crippen LogP contribution in [-0.4, -0.2) is 20.4 Å². The molecule has 176 valence electrons. The number of imidazole rings is 1. The molecule has 5 nitrogen and oxygen atoms in total. The molecule has 4 rings (SSSR count). The van der Waals surface area contributed by atoms with Gasteiger partial charge >= 0.3 is 6.18 Å². The Kier molecular flexibility index (Phi) is 6.87. The average molecular weight is 489 g/mol. The lowest BCUT2D eigenvalue weighted by molar-refractivity contribution is -0.137. The predicted molar refractivity (Wildman–Crippen MR) is 123 cm³/mol. The molecule has 1 atom stereocenters. The lowest BCUT2D eigenvalue weighted by Crippen LogP contribution is -2.26. The van der Waals surface area contributed by atoms with Crippen molar-refractivity contribution in [2.75, 3.05) is 5.32 Å². The number of aromatic nitrogens is 3. The van der Waals surface area contributed by atoms with E-state index in [4.69, 9.17) is 0 Å². The van der Waals surface area contributed by atoms with Crippen molar-refractivity contribution < 1.29 is 22.4 Å². The number of nitrogens with one attached hydrogen (secondary N) is 1. The maximum absolute atomic E-state index is 13.2. The first-order chi connectivity index (χ1) is 16.3. The number of carbonyl (C=O) groups is 1. The van der Waals surface area contributed by atoms with E-state index >= 15 is 0 Å². The molecule has 0 radical (unpaired) electrons. The highest BCUT2D eigenvalue weighted by atomic mass is 32.2. The molecule has 0 unspecified atom stereocenters. The summed E-state index contributed by atoms with van der Waals surface area (Å²) in [6.45, 7) is 1.84. The van der Waals surface area contributed by atoms with Gasteiger partial charge in [-0.05, 0) is 54.4 Å². The number of hydrogen-bond donors (Lipinski definition) is 1. The maximum Gasteiger partial charge on any atom is 0.416 e. The number of halogens is 4. The fraction of sp³-hybridized carbons (Fsp3) is 0.208. The number of hydrogen-bond acceptors (Lipinski definition) is 4. The van der Waals surface area contributed by atoms with E-state index < -0.39 is 23.6 Å². The third-order valence-electron chi connectivity index (χ3n) is 5.15. The van der Waals surface area contributed by atoms with Crippen molar-refractivity contribution in [3.05, 3.63) is 83.8 Å². The van der Waals surface area contributed by atoms with Crippen LogP contribution in [0.2, 0.25) is 0 Å². The lowest BCUT2D eigenvalue weighted by Gasteiger charge is -2.19. The number of pyridine rings is 1. The van der Waals surface area contributed by atoms with Gasteiger partial charge < -0.3 is 5.32 Å². The maximum atomic E-state index is 13.2. The molecule has 1 N–H and O–H groups in total. The summed E-state index contributed by atoms with van der Waals surface area (Å²) in [5.74, 6) is -0.522. The van der Waals surface area contributed by atoms with Gasteiger partial charge in [-0.15, -0.1) is 0 Å². The Bertz CT molecular complexity index is 1300. The van der Waals surface area contributed by atoms with Crippen LogP contribution < -0.4 is 5.32 Å². The van der Waals surface area contributed by atoms with Crippen LogP contribution in [0.15, 0.2) is 72.0 Å². The zero-order valence-electron chi connectivity index (χ0n) is 18.0. The molecule has 0 fully saturated rings. The van der Waals surface area contributed by atoms with Crippen molar-refractivity contribution >= 4 is 34.5 Å². The van der Waals surface area contributed by atoms with Crippen molar-refractivity contribution in [3.63, 3.8) is 0 Å². The highest BCUT2D eigenvalue weighted by Gasteiger charge is 2.30. The first-order valence-electron chi connectivity index (χ1n) is 10.4. The van der Waals surface area contributed by atoms with Gasteiger partial charge in [0, 0.05) is 17.6 Å². The fourth-order valence-electron chi connectivity index (χ4n) is 3.52. The van der Waals surface area contributed by atoms with Gasteiger partial charge in [-0.25, -0.2) is 14.4 Å². The second kappa shape index (κ2) is 9.84. The van der Waals surface area contributed by atoms with Gasteiger partial charge in [-0.3, -0.25) is 9.36 Å². The highest BCUT2D eigenvalue weighted by Crippen LogP contribution is 2.33. The molecule has 4 aromatic rings. The Hall–Kier alpha value is -3.40. The van der Waals surface area contributed by atoms with Crippen molar-refractivity contribution in [1.82, 2.24) is 14.5 Å². The number of carbonyl (C=O) groups excluding carboxylic acids is 1. The SMILES string of the molecule is CC[C@H](C(=O)Nc1ccc(F)cc1)n1c(SCc2cccc(C(F)(F)F)c2)nc2cccnc21. The minimum Gasteiger partial charge on any atom is -0.324 e. The summed E-state index contributed by atoms with van der Waals surface area (Å²) < 4.78 is 54.2. The molecule has 2 aromatic carbocycles. The summed E-state index contributed by atoms with van der Waals surface area (Å²) in [5.41, 5.74) is 1.28. The van der Waals surface area contributed by atoms with Crippen LogP contribution in [0.4, 0.5) is 23.2 Å². The van der Waals surface area contributed by atoms with Gasteiger partial charge in [0.25, 0.3) is 0 Å². The monoisotopic (exact) mass is 488 g/mol. The van der Waals surface area contributed by atoms with Crippen molar-refractivity contribution in [1.29, 1.82) is 0 Å². The van der Waals surface area contributed by atoms with Gasteiger partial charge in [0.2, 0.25) is 5.91 Å². The lowest BCUT2D eigenvalue weighted by atomic mass is 10.1. The van der Waals surface area contributed by atoms with Crippen LogP contribution >= 0.6 is 11.8 Å². The number of thioether (sulfide) groups is 1. The normalized spacial score (nSPS) is 12.6.